The number of benzene rings is 1. The van der Waals surface area contributed by atoms with Crippen LogP contribution in [0.3, 0.4) is 0 Å². The molecule has 1 aromatic heterocycles. The van der Waals surface area contributed by atoms with E-state index >= 15 is 0 Å². The van der Waals surface area contributed by atoms with Crippen LogP contribution >= 0.6 is 0 Å². The van der Waals surface area contributed by atoms with Gasteiger partial charge < -0.3 is 5.32 Å². The fourth-order valence-electron chi connectivity index (χ4n) is 2.79. The van der Waals surface area contributed by atoms with E-state index in [1.54, 1.807) is 6.07 Å². The summed E-state index contributed by atoms with van der Waals surface area (Å²) < 4.78 is 13.1. The smallest absolute Gasteiger partial charge is 0.123 e. The molecule has 0 saturated heterocycles. The number of hydrogen-bond donors (Lipinski definition) is 1. The molecule has 1 aliphatic rings. The highest BCUT2D eigenvalue weighted by atomic mass is 19.1. The molecular weight excluding hydrogens is 239 g/mol. The van der Waals surface area contributed by atoms with E-state index in [4.69, 9.17) is 0 Å². The minimum absolute atomic E-state index is 0.206. The molecule has 19 heavy (non-hydrogen) atoms. The summed E-state index contributed by atoms with van der Waals surface area (Å²) in [6, 6.07) is 9.31. The number of nitrogens with zero attached hydrogens (tertiary/aromatic N) is 1. The van der Waals surface area contributed by atoms with Crippen LogP contribution in [0.1, 0.15) is 37.8 Å². The number of nitrogens with one attached hydrogen (secondary N) is 1. The van der Waals surface area contributed by atoms with Gasteiger partial charge in [0.25, 0.3) is 0 Å². The second kappa shape index (κ2) is 5.66. The van der Waals surface area contributed by atoms with Gasteiger partial charge in [-0.25, -0.2) is 4.39 Å². The van der Waals surface area contributed by atoms with Crippen LogP contribution < -0.4 is 5.32 Å². The molecule has 0 atom stereocenters. The lowest BCUT2D eigenvalue weighted by Gasteiger charge is -2.22. The maximum Gasteiger partial charge on any atom is 0.123 e. The van der Waals surface area contributed by atoms with Crippen molar-refractivity contribution in [2.45, 2.75) is 44.7 Å². The Morgan fingerprint density at radius 1 is 1.11 bits per heavy atom. The molecule has 0 spiro atoms. The van der Waals surface area contributed by atoms with Crippen LogP contribution in [0.25, 0.3) is 10.9 Å². The Kier molecular flexibility index (Phi) is 3.74. The zero-order chi connectivity index (χ0) is 13.1. The van der Waals surface area contributed by atoms with E-state index in [0.717, 1.165) is 23.1 Å². The lowest BCUT2D eigenvalue weighted by Crippen LogP contribution is -2.30. The Labute approximate surface area is 113 Å². The maximum atomic E-state index is 13.1. The molecule has 1 saturated carbocycles. The molecule has 1 aromatic carbocycles. The summed E-state index contributed by atoms with van der Waals surface area (Å²) in [5.74, 6) is -0.206. The third-order valence-electron chi connectivity index (χ3n) is 3.89. The van der Waals surface area contributed by atoms with E-state index in [1.165, 1.54) is 44.2 Å². The minimum Gasteiger partial charge on any atom is -0.308 e. The van der Waals surface area contributed by atoms with Crippen LogP contribution in [0.5, 0.6) is 0 Å². The average Bonchev–Trinajstić information content (AvgIpc) is 2.46. The molecule has 0 amide bonds. The van der Waals surface area contributed by atoms with Crippen molar-refractivity contribution in [3.05, 3.63) is 41.8 Å². The Bertz CT molecular complexity index is 562. The zero-order valence-electron chi connectivity index (χ0n) is 11.0. The first-order valence-corrected chi connectivity index (χ1v) is 7.10. The lowest BCUT2D eigenvalue weighted by molar-refractivity contribution is 0.371. The van der Waals surface area contributed by atoms with E-state index in [1.807, 2.05) is 12.1 Å². The molecule has 0 bridgehead atoms. The second-order valence-corrected chi connectivity index (χ2v) is 5.36. The highest BCUT2D eigenvalue weighted by Crippen LogP contribution is 2.18. The van der Waals surface area contributed by atoms with E-state index in [9.17, 15) is 4.39 Å². The van der Waals surface area contributed by atoms with Crippen LogP contribution in [0.2, 0.25) is 0 Å². The summed E-state index contributed by atoms with van der Waals surface area (Å²) in [7, 11) is 0. The third-order valence-corrected chi connectivity index (χ3v) is 3.89. The third kappa shape index (κ3) is 3.10. The second-order valence-electron chi connectivity index (χ2n) is 5.36. The number of pyridine rings is 1. The van der Waals surface area contributed by atoms with Crippen LogP contribution in [-0.4, -0.2) is 11.0 Å². The van der Waals surface area contributed by atoms with E-state index in [-0.39, 0.29) is 5.82 Å². The summed E-state index contributed by atoms with van der Waals surface area (Å²) in [6.45, 7) is 0.804. The van der Waals surface area contributed by atoms with Crippen molar-refractivity contribution in [1.29, 1.82) is 0 Å². The Morgan fingerprint density at radius 2 is 1.95 bits per heavy atom. The Balaban J connectivity index is 1.69. The fourth-order valence-corrected chi connectivity index (χ4v) is 2.79. The Hall–Kier alpha value is -1.48. The average molecular weight is 258 g/mol. The first-order chi connectivity index (χ1) is 9.31. The van der Waals surface area contributed by atoms with Gasteiger partial charge in [-0.2, -0.15) is 0 Å². The molecule has 3 rings (SSSR count). The number of fused-ring (bicyclic) bond motifs is 1. The predicted molar refractivity (Wildman–Crippen MR) is 75.4 cm³/mol. The van der Waals surface area contributed by atoms with Crippen LogP contribution in [0.4, 0.5) is 4.39 Å². The molecular formula is C16H19FN2. The van der Waals surface area contributed by atoms with E-state index < -0.39 is 0 Å². The molecule has 1 aliphatic carbocycles. The highest BCUT2D eigenvalue weighted by Gasteiger charge is 2.12. The lowest BCUT2D eigenvalue weighted by atomic mass is 9.95. The molecule has 100 valence electrons. The number of aromatic nitrogens is 1. The first kappa shape index (κ1) is 12.5. The minimum atomic E-state index is -0.206. The van der Waals surface area contributed by atoms with Gasteiger partial charge in [-0.3, -0.25) is 4.98 Å². The van der Waals surface area contributed by atoms with E-state index in [0.29, 0.717) is 6.04 Å². The van der Waals surface area contributed by atoms with Crippen LogP contribution in [-0.2, 0) is 6.54 Å². The van der Waals surface area contributed by atoms with Gasteiger partial charge >= 0.3 is 0 Å². The molecule has 3 heteroatoms. The zero-order valence-corrected chi connectivity index (χ0v) is 11.0. The van der Waals surface area contributed by atoms with Gasteiger partial charge in [-0.15, -0.1) is 0 Å². The summed E-state index contributed by atoms with van der Waals surface area (Å²) in [5.41, 5.74) is 1.90. The first-order valence-electron chi connectivity index (χ1n) is 7.10. The predicted octanol–water partition coefficient (Wildman–Crippen LogP) is 3.80. The van der Waals surface area contributed by atoms with Crippen molar-refractivity contribution in [2.75, 3.05) is 0 Å². The van der Waals surface area contributed by atoms with E-state index in [2.05, 4.69) is 10.3 Å². The highest BCUT2D eigenvalue weighted by molar-refractivity contribution is 5.78. The van der Waals surface area contributed by atoms with Crippen LogP contribution in [0.15, 0.2) is 30.3 Å². The molecule has 2 aromatic rings. The van der Waals surface area contributed by atoms with Gasteiger partial charge in [0.15, 0.2) is 0 Å². The molecule has 2 nitrogen and oxygen atoms in total. The number of hydrogen-bond acceptors (Lipinski definition) is 2. The van der Waals surface area contributed by atoms with Gasteiger partial charge in [-0.1, -0.05) is 25.3 Å². The van der Waals surface area contributed by atoms with Crippen LogP contribution in [0, 0.1) is 5.82 Å². The standard InChI is InChI=1S/C16H19FN2/c17-13-7-9-16-12(10-13)6-8-15(19-16)11-18-14-4-2-1-3-5-14/h6-10,14,18H,1-5,11H2. The summed E-state index contributed by atoms with van der Waals surface area (Å²) in [5, 5.41) is 4.44. The molecule has 0 aliphatic heterocycles. The summed E-state index contributed by atoms with van der Waals surface area (Å²) in [6.07, 6.45) is 6.60. The van der Waals surface area contributed by atoms with Crippen molar-refractivity contribution in [1.82, 2.24) is 10.3 Å². The van der Waals surface area contributed by atoms with Crippen molar-refractivity contribution >= 4 is 10.9 Å². The van der Waals surface area contributed by atoms with Gasteiger partial charge in [0, 0.05) is 18.0 Å². The molecule has 1 heterocycles. The normalized spacial score (nSPS) is 16.9. The molecule has 1 fully saturated rings. The number of halogens is 1. The van der Waals surface area contributed by atoms with Gasteiger partial charge in [0.2, 0.25) is 0 Å². The largest absolute Gasteiger partial charge is 0.308 e. The fraction of sp³-hybridized carbons (Fsp3) is 0.438. The van der Waals surface area contributed by atoms with Crippen molar-refractivity contribution in [3.8, 4) is 0 Å². The molecule has 1 N–H and O–H groups in total. The van der Waals surface area contributed by atoms with Crippen molar-refractivity contribution < 1.29 is 4.39 Å². The number of rotatable bonds is 3. The monoisotopic (exact) mass is 258 g/mol. The summed E-state index contributed by atoms with van der Waals surface area (Å²) >= 11 is 0. The van der Waals surface area contributed by atoms with Crippen molar-refractivity contribution in [2.24, 2.45) is 0 Å². The Morgan fingerprint density at radius 3 is 2.79 bits per heavy atom. The topological polar surface area (TPSA) is 24.9 Å². The quantitative estimate of drug-likeness (QED) is 0.906. The SMILES string of the molecule is Fc1ccc2nc(CNC3CCCCC3)ccc2c1. The van der Waals surface area contributed by atoms with Gasteiger partial charge in [0.05, 0.1) is 11.2 Å². The summed E-state index contributed by atoms with van der Waals surface area (Å²) in [4.78, 5) is 4.57. The van der Waals surface area contributed by atoms with Gasteiger partial charge in [-0.05, 0) is 37.1 Å². The van der Waals surface area contributed by atoms with Gasteiger partial charge in [0.1, 0.15) is 5.82 Å². The molecule has 0 unspecified atom stereocenters. The maximum absolute atomic E-state index is 13.1. The van der Waals surface area contributed by atoms with Crippen molar-refractivity contribution in [3.63, 3.8) is 0 Å². The molecule has 0 radical (unpaired) electrons.